The number of piperazine rings is 1. The van der Waals surface area contributed by atoms with Gasteiger partial charge in [0.25, 0.3) is 0 Å². The first-order valence-electron chi connectivity index (χ1n) is 8.87. The summed E-state index contributed by atoms with van der Waals surface area (Å²) in [6.07, 6.45) is 5.18. The first-order chi connectivity index (χ1) is 11.2. The summed E-state index contributed by atoms with van der Waals surface area (Å²) in [7, 11) is 0. The lowest BCUT2D eigenvalue weighted by atomic mass is 9.72. The number of rotatable bonds is 4. The lowest BCUT2D eigenvalue weighted by Gasteiger charge is -2.42. The zero-order chi connectivity index (χ0) is 16.1. The summed E-state index contributed by atoms with van der Waals surface area (Å²) < 4.78 is 0. The van der Waals surface area contributed by atoms with Crippen LogP contribution in [0.15, 0.2) is 24.3 Å². The monoisotopic (exact) mass is 313 g/mol. The Morgan fingerprint density at radius 3 is 2.65 bits per heavy atom. The fourth-order valence-electron chi connectivity index (χ4n) is 4.07. The number of nitrogens with zero attached hydrogens (tertiary/aromatic N) is 2. The summed E-state index contributed by atoms with van der Waals surface area (Å²) in [5.74, 6) is 0.0919. The molecule has 0 bridgehead atoms. The summed E-state index contributed by atoms with van der Waals surface area (Å²) in [4.78, 5) is 2.45. The van der Waals surface area contributed by atoms with Crippen molar-refractivity contribution in [1.82, 2.24) is 10.2 Å². The Bertz CT molecular complexity index is 554. The second kappa shape index (κ2) is 7.44. The molecule has 3 rings (SSSR count). The summed E-state index contributed by atoms with van der Waals surface area (Å²) in [5.41, 5.74) is 1.18. The summed E-state index contributed by atoms with van der Waals surface area (Å²) in [6.45, 7) is 4.98. The molecule has 2 aliphatic rings. The van der Waals surface area contributed by atoms with Gasteiger partial charge in [0.2, 0.25) is 0 Å². The smallest absolute Gasteiger partial charge is 0.0991 e. The minimum atomic E-state index is -0.628. The average molecular weight is 313 g/mol. The van der Waals surface area contributed by atoms with Crippen LogP contribution in [0.3, 0.4) is 0 Å². The number of benzene rings is 1. The van der Waals surface area contributed by atoms with Gasteiger partial charge in [-0.05, 0) is 30.5 Å². The molecule has 0 aromatic heterocycles. The first kappa shape index (κ1) is 16.4. The predicted molar refractivity (Wildman–Crippen MR) is 91.2 cm³/mol. The summed E-state index contributed by atoms with van der Waals surface area (Å²) in [5, 5.41) is 23.9. The molecule has 1 aliphatic carbocycles. The molecular weight excluding hydrogens is 286 g/mol. The maximum atomic E-state index is 11.4. The quantitative estimate of drug-likeness (QED) is 0.895. The second-order valence-corrected chi connectivity index (χ2v) is 7.00. The molecule has 2 fully saturated rings. The van der Waals surface area contributed by atoms with Crippen LogP contribution in [-0.2, 0) is 0 Å². The van der Waals surface area contributed by atoms with Crippen molar-refractivity contribution in [3.05, 3.63) is 35.4 Å². The second-order valence-electron chi connectivity index (χ2n) is 7.00. The van der Waals surface area contributed by atoms with Crippen LogP contribution in [0, 0.1) is 11.3 Å². The van der Waals surface area contributed by atoms with E-state index in [9.17, 15) is 10.4 Å². The van der Waals surface area contributed by atoms with E-state index in [2.05, 4.69) is 22.4 Å². The highest BCUT2D eigenvalue weighted by Crippen LogP contribution is 2.40. The van der Waals surface area contributed by atoms with Crippen molar-refractivity contribution in [2.24, 2.45) is 0 Å². The maximum Gasteiger partial charge on any atom is 0.0991 e. The lowest BCUT2D eigenvalue weighted by Crippen LogP contribution is -2.49. The van der Waals surface area contributed by atoms with Crippen molar-refractivity contribution in [2.45, 2.75) is 43.6 Å². The Labute approximate surface area is 139 Å². The van der Waals surface area contributed by atoms with E-state index in [-0.39, 0.29) is 5.92 Å². The third-order valence-electron chi connectivity index (χ3n) is 5.44. The molecule has 23 heavy (non-hydrogen) atoms. The van der Waals surface area contributed by atoms with Gasteiger partial charge in [-0.1, -0.05) is 31.4 Å². The SMILES string of the molecule is N#Cc1cccc([C@@H](CN2CCNCC2)C2(O)CCCCC2)c1. The van der Waals surface area contributed by atoms with Gasteiger partial charge in [-0.3, -0.25) is 0 Å². The van der Waals surface area contributed by atoms with Crippen LogP contribution in [0.1, 0.15) is 49.1 Å². The molecule has 0 spiro atoms. The molecular formula is C19H27N3O. The molecule has 1 aromatic carbocycles. The highest BCUT2D eigenvalue weighted by atomic mass is 16.3. The van der Waals surface area contributed by atoms with Crippen LogP contribution < -0.4 is 5.32 Å². The zero-order valence-electron chi connectivity index (χ0n) is 13.8. The standard InChI is InChI=1S/C19H27N3O/c20-14-16-5-4-6-17(13-16)18(15-22-11-9-21-10-12-22)19(23)7-2-1-3-8-19/h4-6,13,18,21,23H,1-3,7-12,15H2/t18-/m1/s1. The largest absolute Gasteiger partial charge is 0.389 e. The minimum Gasteiger partial charge on any atom is -0.389 e. The van der Waals surface area contributed by atoms with Crippen molar-refractivity contribution in [1.29, 1.82) is 5.26 Å². The lowest BCUT2D eigenvalue weighted by molar-refractivity contribution is -0.0316. The minimum absolute atomic E-state index is 0.0919. The molecule has 1 aliphatic heterocycles. The Hall–Kier alpha value is -1.41. The molecule has 4 heteroatoms. The number of aliphatic hydroxyl groups is 1. The normalized spacial score (nSPS) is 23.1. The van der Waals surface area contributed by atoms with Crippen LogP contribution in [0.25, 0.3) is 0 Å². The van der Waals surface area contributed by atoms with Gasteiger partial charge < -0.3 is 15.3 Å². The molecule has 0 amide bonds. The number of hydrogen-bond acceptors (Lipinski definition) is 4. The third kappa shape index (κ3) is 3.92. The Morgan fingerprint density at radius 1 is 1.22 bits per heavy atom. The third-order valence-corrected chi connectivity index (χ3v) is 5.44. The predicted octanol–water partition coefficient (Wildman–Crippen LogP) is 2.24. The molecule has 0 radical (unpaired) electrons. The Balaban J connectivity index is 1.86. The van der Waals surface area contributed by atoms with E-state index in [4.69, 9.17) is 0 Å². The fraction of sp³-hybridized carbons (Fsp3) is 0.632. The van der Waals surface area contributed by atoms with Crippen molar-refractivity contribution in [2.75, 3.05) is 32.7 Å². The first-order valence-corrected chi connectivity index (χ1v) is 8.87. The van der Waals surface area contributed by atoms with Gasteiger partial charge in [-0.2, -0.15) is 5.26 Å². The van der Waals surface area contributed by atoms with Gasteiger partial charge in [0, 0.05) is 38.6 Å². The van der Waals surface area contributed by atoms with Gasteiger partial charge in [0.05, 0.1) is 17.2 Å². The topological polar surface area (TPSA) is 59.3 Å². The highest BCUT2D eigenvalue weighted by molar-refractivity contribution is 5.36. The molecule has 0 unspecified atom stereocenters. The zero-order valence-corrected chi connectivity index (χ0v) is 13.8. The van der Waals surface area contributed by atoms with E-state index in [1.54, 1.807) is 0 Å². The summed E-state index contributed by atoms with van der Waals surface area (Å²) >= 11 is 0. The molecule has 2 N–H and O–H groups in total. The van der Waals surface area contributed by atoms with Crippen LogP contribution >= 0.6 is 0 Å². The van der Waals surface area contributed by atoms with Crippen molar-refractivity contribution < 1.29 is 5.11 Å². The van der Waals surface area contributed by atoms with E-state index in [0.29, 0.717) is 5.56 Å². The molecule has 1 aromatic rings. The molecule has 1 atom stereocenters. The molecule has 1 saturated heterocycles. The van der Waals surface area contributed by atoms with Crippen molar-refractivity contribution >= 4 is 0 Å². The maximum absolute atomic E-state index is 11.4. The van der Waals surface area contributed by atoms with Crippen molar-refractivity contribution in [3.63, 3.8) is 0 Å². The highest BCUT2D eigenvalue weighted by Gasteiger charge is 2.39. The fourth-order valence-corrected chi connectivity index (χ4v) is 4.07. The van der Waals surface area contributed by atoms with E-state index in [1.807, 2.05) is 18.2 Å². The van der Waals surface area contributed by atoms with Gasteiger partial charge in [0.1, 0.15) is 0 Å². The molecule has 1 heterocycles. The molecule has 124 valence electrons. The van der Waals surface area contributed by atoms with Gasteiger partial charge in [-0.25, -0.2) is 0 Å². The van der Waals surface area contributed by atoms with E-state index < -0.39 is 5.60 Å². The van der Waals surface area contributed by atoms with Gasteiger partial charge >= 0.3 is 0 Å². The molecule has 1 saturated carbocycles. The van der Waals surface area contributed by atoms with Crippen LogP contribution in [0.2, 0.25) is 0 Å². The summed E-state index contributed by atoms with van der Waals surface area (Å²) in [6, 6.07) is 10.1. The van der Waals surface area contributed by atoms with E-state index in [1.165, 1.54) is 6.42 Å². The van der Waals surface area contributed by atoms with Crippen LogP contribution in [-0.4, -0.2) is 48.3 Å². The average Bonchev–Trinajstić information content (AvgIpc) is 2.61. The number of nitriles is 1. The van der Waals surface area contributed by atoms with Crippen LogP contribution in [0.4, 0.5) is 0 Å². The van der Waals surface area contributed by atoms with E-state index in [0.717, 1.165) is 64.0 Å². The number of hydrogen-bond donors (Lipinski definition) is 2. The molecule has 4 nitrogen and oxygen atoms in total. The van der Waals surface area contributed by atoms with Crippen LogP contribution in [0.5, 0.6) is 0 Å². The van der Waals surface area contributed by atoms with E-state index >= 15 is 0 Å². The Kier molecular flexibility index (Phi) is 5.32. The van der Waals surface area contributed by atoms with Crippen molar-refractivity contribution in [3.8, 4) is 6.07 Å². The van der Waals surface area contributed by atoms with Gasteiger partial charge in [-0.15, -0.1) is 0 Å². The number of nitrogens with one attached hydrogen (secondary N) is 1. The Morgan fingerprint density at radius 2 is 1.96 bits per heavy atom. The van der Waals surface area contributed by atoms with Gasteiger partial charge in [0.15, 0.2) is 0 Å².